The van der Waals surface area contributed by atoms with Crippen LogP contribution in [-0.2, 0) is 11.3 Å². The number of hydrogen-bond acceptors (Lipinski definition) is 1. The van der Waals surface area contributed by atoms with Gasteiger partial charge in [0.2, 0.25) is 0 Å². The Morgan fingerprint density at radius 3 is 2.75 bits per heavy atom. The van der Waals surface area contributed by atoms with Crippen molar-refractivity contribution in [2.24, 2.45) is 0 Å². The first-order chi connectivity index (χ1) is 3.93. The Morgan fingerprint density at radius 1 is 1.50 bits per heavy atom. The zero-order chi connectivity index (χ0) is 5.82. The van der Waals surface area contributed by atoms with Crippen LogP contribution >= 0.6 is 0 Å². The second-order valence-corrected chi connectivity index (χ2v) is 2.23. The van der Waals surface area contributed by atoms with E-state index in [0.29, 0.717) is 11.3 Å². The van der Waals surface area contributed by atoms with Gasteiger partial charge in [-0.1, -0.05) is 18.2 Å². The number of hydrogen-bond donors (Lipinski definition) is 0. The van der Waals surface area contributed by atoms with Crippen LogP contribution in [0.1, 0.15) is 6.42 Å². The van der Waals surface area contributed by atoms with E-state index in [1.54, 1.807) is 0 Å². The molecule has 0 bridgehead atoms. The van der Waals surface area contributed by atoms with Crippen LogP contribution in [0.25, 0.3) is 0 Å². The minimum atomic E-state index is 0.574. The molecule has 1 nitrogen and oxygen atoms in total. The SMILES string of the molecule is O=S=C1C=CC=CC1. The van der Waals surface area contributed by atoms with Gasteiger partial charge in [0.1, 0.15) is 0 Å². The van der Waals surface area contributed by atoms with Crippen molar-refractivity contribution in [1.29, 1.82) is 0 Å². The van der Waals surface area contributed by atoms with E-state index in [4.69, 9.17) is 0 Å². The Morgan fingerprint density at radius 2 is 2.38 bits per heavy atom. The maximum absolute atomic E-state index is 10.1. The predicted molar refractivity (Wildman–Crippen MR) is 36.0 cm³/mol. The summed E-state index contributed by atoms with van der Waals surface area (Å²) in [4.78, 5) is 0.896. The van der Waals surface area contributed by atoms with Gasteiger partial charge in [0, 0.05) is 11.3 Å². The van der Waals surface area contributed by atoms with Crippen LogP contribution in [0, 0.1) is 0 Å². The molecule has 1 aliphatic carbocycles. The first-order valence-corrected chi connectivity index (χ1v) is 3.16. The first kappa shape index (κ1) is 5.51. The maximum Gasteiger partial charge on any atom is 0.0923 e. The van der Waals surface area contributed by atoms with Gasteiger partial charge in [-0.3, -0.25) is 0 Å². The average Bonchev–Trinajstić information content (AvgIpc) is 1.90. The third-order valence-electron chi connectivity index (χ3n) is 0.955. The molecule has 8 heavy (non-hydrogen) atoms. The van der Waals surface area contributed by atoms with Crippen molar-refractivity contribution in [3.05, 3.63) is 24.3 Å². The monoisotopic (exact) mass is 126 g/mol. The van der Waals surface area contributed by atoms with Gasteiger partial charge in [-0.05, 0) is 6.08 Å². The summed E-state index contributed by atoms with van der Waals surface area (Å²) in [6.07, 6.45) is 8.45. The molecule has 0 saturated heterocycles. The Bertz CT molecular complexity index is 185. The fourth-order valence-corrected chi connectivity index (χ4v) is 0.854. The smallest absolute Gasteiger partial charge is 0.0923 e. The Labute approximate surface area is 51.8 Å². The zero-order valence-electron chi connectivity index (χ0n) is 4.33. The van der Waals surface area contributed by atoms with Gasteiger partial charge in [-0.2, -0.15) is 0 Å². The largest absolute Gasteiger partial charge is 0.212 e. The summed E-state index contributed by atoms with van der Waals surface area (Å²) < 4.78 is 10.1. The zero-order valence-corrected chi connectivity index (χ0v) is 5.15. The lowest BCUT2D eigenvalue weighted by atomic mass is 10.2. The minimum absolute atomic E-state index is 0.574. The fraction of sp³-hybridized carbons (Fsp3) is 0.167. The highest BCUT2D eigenvalue weighted by Gasteiger charge is 1.90. The average molecular weight is 126 g/mol. The normalized spacial score (nSPS) is 16.8. The van der Waals surface area contributed by atoms with E-state index < -0.39 is 0 Å². The predicted octanol–water partition coefficient (Wildman–Crippen LogP) is 0.888. The second-order valence-electron chi connectivity index (χ2n) is 1.54. The highest BCUT2D eigenvalue weighted by Crippen LogP contribution is 1.95. The molecule has 0 aliphatic heterocycles. The third-order valence-corrected chi connectivity index (χ3v) is 1.47. The van der Waals surface area contributed by atoms with E-state index in [0.717, 1.165) is 11.3 Å². The molecule has 0 amide bonds. The van der Waals surface area contributed by atoms with E-state index in [9.17, 15) is 4.21 Å². The molecule has 0 radical (unpaired) electrons. The van der Waals surface area contributed by atoms with Crippen LogP contribution < -0.4 is 0 Å². The molecule has 0 atom stereocenters. The summed E-state index contributed by atoms with van der Waals surface area (Å²) in [5.74, 6) is 0. The van der Waals surface area contributed by atoms with Crippen LogP contribution in [0.15, 0.2) is 24.3 Å². The molecule has 0 spiro atoms. The van der Waals surface area contributed by atoms with Crippen molar-refractivity contribution in [3.63, 3.8) is 0 Å². The van der Waals surface area contributed by atoms with E-state index >= 15 is 0 Å². The third kappa shape index (κ3) is 1.17. The lowest BCUT2D eigenvalue weighted by molar-refractivity contribution is 0.701. The lowest BCUT2D eigenvalue weighted by Gasteiger charge is -1.91. The van der Waals surface area contributed by atoms with Crippen molar-refractivity contribution in [2.75, 3.05) is 0 Å². The molecular weight excluding hydrogens is 120 g/mol. The summed E-state index contributed by atoms with van der Waals surface area (Å²) >= 11 is 0.574. The van der Waals surface area contributed by atoms with E-state index in [1.807, 2.05) is 24.3 Å². The van der Waals surface area contributed by atoms with Crippen LogP contribution in [0.5, 0.6) is 0 Å². The van der Waals surface area contributed by atoms with Crippen LogP contribution in [0.2, 0.25) is 0 Å². The molecule has 0 N–H and O–H groups in total. The number of rotatable bonds is 0. The summed E-state index contributed by atoms with van der Waals surface area (Å²) in [6.45, 7) is 0. The van der Waals surface area contributed by atoms with Crippen molar-refractivity contribution >= 4 is 16.1 Å². The topological polar surface area (TPSA) is 17.1 Å². The van der Waals surface area contributed by atoms with Gasteiger partial charge in [0.25, 0.3) is 0 Å². The second kappa shape index (κ2) is 2.62. The summed E-state index contributed by atoms with van der Waals surface area (Å²) in [5.41, 5.74) is 0. The van der Waals surface area contributed by atoms with Gasteiger partial charge in [0.15, 0.2) is 0 Å². The molecule has 0 fully saturated rings. The van der Waals surface area contributed by atoms with Gasteiger partial charge in [0.05, 0.1) is 11.3 Å². The highest BCUT2D eigenvalue weighted by atomic mass is 32.1. The van der Waals surface area contributed by atoms with Crippen LogP contribution in [0.3, 0.4) is 0 Å². The molecule has 1 rings (SSSR count). The molecule has 0 heterocycles. The van der Waals surface area contributed by atoms with Gasteiger partial charge >= 0.3 is 0 Å². The summed E-state index contributed by atoms with van der Waals surface area (Å²) in [7, 11) is 0. The molecular formula is C6H6OS. The van der Waals surface area contributed by atoms with Crippen LogP contribution in [-0.4, -0.2) is 9.07 Å². The van der Waals surface area contributed by atoms with Crippen molar-refractivity contribution in [2.45, 2.75) is 6.42 Å². The molecule has 0 aromatic rings. The maximum atomic E-state index is 10.1. The van der Waals surface area contributed by atoms with Gasteiger partial charge in [-0.25, -0.2) is 4.21 Å². The molecule has 0 aromatic carbocycles. The van der Waals surface area contributed by atoms with Gasteiger partial charge < -0.3 is 0 Å². The highest BCUT2D eigenvalue weighted by molar-refractivity contribution is 7.66. The standard InChI is InChI=1S/C6H6OS/c7-8-6-4-2-1-3-5-6/h1-4H,5H2. The lowest BCUT2D eigenvalue weighted by Crippen LogP contribution is -1.91. The Hall–Kier alpha value is -0.630. The first-order valence-electron chi connectivity index (χ1n) is 2.42. The molecule has 42 valence electrons. The number of allylic oxidation sites excluding steroid dienone is 4. The van der Waals surface area contributed by atoms with Crippen molar-refractivity contribution < 1.29 is 4.21 Å². The molecule has 2 heteroatoms. The van der Waals surface area contributed by atoms with E-state index in [1.165, 1.54) is 0 Å². The van der Waals surface area contributed by atoms with E-state index in [-0.39, 0.29) is 0 Å². The summed E-state index contributed by atoms with van der Waals surface area (Å²) in [5, 5.41) is 0. The Kier molecular flexibility index (Phi) is 1.80. The van der Waals surface area contributed by atoms with Gasteiger partial charge in [-0.15, -0.1) is 0 Å². The minimum Gasteiger partial charge on any atom is -0.212 e. The molecule has 0 unspecified atom stereocenters. The molecule has 1 aliphatic rings. The molecule has 0 saturated carbocycles. The Balaban J connectivity index is 2.80. The quantitative estimate of drug-likeness (QED) is 0.440. The molecule has 0 aromatic heterocycles. The van der Waals surface area contributed by atoms with Crippen LogP contribution in [0.4, 0.5) is 0 Å². The summed E-state index contributed by atoms with van der Waals surface area (Å²) in [6, 6.07) is 0. The fourth-order valence-electron chi connectivity index (χ4n) is 0.555. The van der Waals surface area contributed by atoms with Crippen molar-refractivity contribution in [3.8, 4) is 0 Å². The van der Waals surface area contributed by atoms with Crippen molar-refractivity contribution in [1.82, 2.24) is 0 Å². The van der Waals surface area contributed by atoms with E-state index in [2.05, 4.69) is 0 Å².